The predicted molar refractivity (Wildman–Crippen MR) is 47.5 cm³/mol. The van der Waals surface area contributed by atoms with E-state index in [1.165, 1.54) is 0 Å². The molecule has 12 heavy (non-hydrogen) atoms. The summed E-state index contributed by atoms with van der Waals surface area (Å²) in [6.07, 6.45) is 4.15. The van der Waals surface area contributed by atoms with Crippen molar-refractivity contribution in [1.82, 2.24) is 0 Å². The van der Waals surface area contributed by atoms with Crippen LogP contribution in [0.25, 0.3) is 0 Å². The van der Waals surface area contributed by atoms with Gasteiger partial charge in [-0.3, -0.25) is 0 Å². The molecule has 0 aromatic heterocycles. The lowest BCUT2D eigenvalue weighted by atomic mass is 10.1. The van der Waals surface area contributed by atoms with Crippen LogP contribution in [0.2, 0.25) is 0 Å². The fraction of sp³-hybridized carbons (Fsp3) is 0.750. The highest BCUT2D eigenvalue weighted by molar-refractivity contribution is 7.91. The molecule has 0 saturated carbocycles. The summed E-state index contributed by atoms with van der Waals surface area (Å²) in [6, 6.07) is 0. The van der Waals surface area contributed by atoms with Crippen LogP contribution in [0.5, 0.6) is 0 Å². The van der Waals surface area contributed by atoms with Crippen molar-refractivity contribution in [1.29, 1.82) is 0 Å². The molecule has 0 aliphatic carbocycles. The third kappa shape index (κ3) is 2.85. The summed E-state index contributed by atoms with van der Waals surface area (Å²) < 4.78 is 27.1. The first-order valence-corrected chi connectivity index (χ1v) is 5.89. The van der Waals surface area contributed by atoms with Crippen LogP contribution in [0, 0.1) is 5.92 Å². The van der Waals surface area contributed by atoms with Gasteiger partial charge in [0.2, 0.25) is 0 Å². The van der Waals surface area contributed by atoms with E-state index in [9.17, 15) is 8.42 Å². The first-order chi connectivity index (χ1) is 5.64. The van der Waals surface area contributed by atoms with Crippen LogP contribution in [0.3, 0.4) is 0 Å². The molecule has 1 aliphatic rings. The molecule has 1 atom stereocenters. The average Bonchev–Trinajstić information content (AvgIpc) is 2.31. The largest absolute Gasteiger partial charge is 0.501 e. The second-order valence-electron chi connectivity index (χ2n) is 3.07. The summed E-state index contributed by atoms with van der Waals surface area (Å²) in [7, 11) is -2.74. The molecule has 0 spiro atoms. The predicted octanol–water partition coefficient (Wildman–Crippen LogP) is 0.971. The van der Waals surface area contributed by atoms with E-state index in [1.807, 2.05) is 6.92 Å². The van der Waals surface area contributed by atoms with E-state index >= 15 is 0 Å². The number of hydrogen-bond donors (Lipinski definition) is 0. The van der Waals surface area contributed by atoms with E-state index in [1.54, 1.807) is 12.3 Å². The van der Waals surface area contributed by atoms with Crippen LogP contribution in [-0.2, 0) is 14.6 Å². The maximum absolute atomic E-state index is 11.0. The normalized spacial score (nSPS) is 27.9. The molecule has 0 aromatic carbocycles. The van der Waals surface area contributed by atoms with Gasteiger partial charge in [0, 0.05) is 5.92 Å². The lowest BCUT2D eigenvalue weighted by Gasteiger charge is -2.05. The smallest absolute Gasteiger partial charge is 0.150 e. The van der Waals surface area contributed by atoms with Gasteiger partial charge >= 0.3 is 0 Å². The SMILES string of the molecule is C/C=C/OCC1CCS(=O)(=O)C1. The second-order valence-corrected chi connectivity index (χ2v) is 5.30. The lowest BCUT2D eigenvalue weighted by molar-refractivity contribution is 0.205. The van der Waals surface area contributed by atoms with Crippen molar-refractivity contribution >= 4 is 9.84 Å². The molecule has 4 heteroatoms. The summed E-state index contributed by atoms with van der Waals surface area (Å²) in [4.78, 5) is 0. The summed E-state index contributed by atoms with van der Waals surface area (Å²) >= 11 is 0. The molecule has 1 heterocycles. The average molecular weight is 190 g/mol. The third-order valence-electron chi connectivity index (χ3n) is 1.89. The maximum atomic E-state index is 11.0. The van der Waals surface area contributed by atoms with Crippen molar-refractivity contribution < 1.29 is 13.2 Å². The zero-order valence-electron chi connectivity index (χ0n) is 7.19. The second kappa shape index (κ2) is 3.94. The molecule has 1 fully saturated rings. The lowest BCUT2D eigenvalue weighted by Crippen LogP contribution is -2.09. The van der Waals surface area contributed by atoms with Crippen molar-refractivity contribution in [2.24, 2.45) is 5.92 Å². The number of rotatable bonds is 3. The van der Waals surface area contributed by atoms with Crippen molar-refractivity contribution in [3.05, 3.63) is 12.3 Å². The highest BCUT2D eigenvalue weighted by Gasteiger charge is 2.27. The Labute approximate surface area is 73.3 Å². The molecule has 3 nitrogen and oxygen atoms in total. The van der Waals surface area contributed by atoms with Gasteiger partial charge in [0.1, 0.15) is 0 Å². The van der Waals surface area contributed by atoms with E-state index in [-0.39, 0.29) is 5.92 Å². The van der Waals surface area contributed by atoms with Gasteiger partial charge in [-0.05, 0) is 13.3 Å². The van der Waals surface area contributed by atoms with Crippen LogP contribution in [-0.4, -0.2) is 26.5 Å². The number of sulfone groups is 1. The standard InChI is InChI=1S/C8H14O3S/c1-2-4-11-6-8-3-5-12(9,10)7-8/h2,4,8H,3,5-7H2,1H3/b4-2+. The van der Waals surface area contributed by atoms with E-state index < -0.39 is 9.84 Å². The van der Waals surface area contributed by atoms with Gasteiger partial charge in [0.15, 0.2) is 9.84 Å². The Morgan fingerprint density at radius 1 is 1.58 bits per heavy atom. The molecule has 1 rings (SSSR count). The van der Waals surface area contributed by atoms with Crippen LogP contribution in [0.4, 0.5) is 0 Å². The number of hydrogen-bond acceptors (Lipinski definition) is 3. The molecular formula is C8H14O3S. The van der Waals surface area contributed by atoms with Crippen molar-refractivity contribution in [3.8, 4) is 0 Å². The van der Waals surface area contributed by atoms with E-state index in [4.69, 9.17) is 4.74 Å². The minimum atomic E-state index is -2.74. The molecule has 0 bridgehead atoms. The van der Waals surface area contributed by atoms with Crippen LogP contribution >= 0.6 is 0 Å². The highest BCUT2D eigenvalue weighted by Crippen LogP contribution is 2.18. The van der Waals surface area contributed by atoms with E-state index in [0.29, 0.717) is 18.1 Å². The van der Waals surface area contributed by atoms with E-state index in [2.05, 4.69) is 0 Å². The van der Waals surface area contributed by atoms with E-state index in [0.717, 1.165) is 6.42 Å². The van der Waals surface area contributed by atoms with Crippen LogP contribution in [0.1, 0.15) is 13.3 Å². The molecule has 0 aromatic rings. The zero-order valence-corrected chi connectivity index (χ0v) is 8.01. The summed E-state index contributed by atoms with van der Waals surface area (Å²) in [6.45, 7) is 2.40. The van der Waals surface area contributed by atoms with Crippen molar-refractivity contribution in [2.75, 3.05) is 18.1 Å². The maximum Gasteiger partial charge on any atom is 0.150 e. The minimum absolute atomic E-state index is 0.200. The molecule has 0 amide bonds. The summed E-state index contributed by atoms with van der Waals surface area (Å²) in [5.41, 5.74) is 0. The minimum Gasteiger partial charge on any atom is -0.501 e. The van der Waals surface area contributed by atoms with Gasteiger partial charge in [-0.1, -0.05) is 6.08 Å². The summed E-state index contributed by atoms with van der Waals surface area (Å²) in [5.74, 6) is 0.827. The molecule has 0 N–H and O–H groups in total. The quantitative estimate of drug-likeness (QED) is 0.623. The molecule has 1 unspecified atom stereocenters. The zero-order chi connectivity index (χ0) is 9.03. The molecule has 1 aliphatic heterocycles. The number of allylic oxidation sites excluding steroid dienone is 1. The van der Waals surface area contributed by atoms with Gasteiger partial charge in [0.25, 0.3) is 0 Å². The Balaban J connectivity index is 2.29. The van der Waals surface area contributed by atoms with Gasteiger partial charge < -0.3 is 4.74 Å². The molecular weight excluding hydrogens is 176 g/mol. The Morgan fingerprint density at radius 3 is 2.83 bits per heavy atom. The van der Waals surface area contributed by atoms with Gasteiger partial charge in [-0.25, -0.2) is 8.42 Å². The van der Waals surface area contributed by atoms with Gasteiger partial charge in [-0.15, -0.1) is 0 Å². The van der Waals surface area contributed by atoms with Crippen LogP contribution in [0.15, 0.2) is 12.3 Å². The molecule has 1 saturated heterocycles. The van der Waals surface area contributed by atoms with Crippen molar-refractivity contribution in [3.63, 3.8) is 0 Å². The van der Waals surface area contributed by atoms with Crippen LogP contribution < -0.4 is 0 Å². The Kier molecular flexibility index (Phi) is 3.14. The monoisotopic (exact) mass is 190 g/mol. The fourth-order valence-corrected chi connectivity index (χ4v) is 3.13. The highest BCUT2D eigenvalue weighted by atomic mass is 32.2. The Hall–Kier alpha value is -0.510. The fourth-order valence-electron chi connectivity index (χ4n) is 1.29. The topological polar surface area (TPSA) is 43.4 Å². The molecule has 70 valence electrons. The third-order valence-corrected chi connectivity index (χ3v) is 3.73. The Bertz CT molecular complexity index is 253. The first kappa shape index (κ1) is 9.58. The van der Waals surface area contributed by atoms with Gasteiger partial charge in [0.05, 0.1) is 24.4 Å². The van der Waals surface area contributed by atoms with Crippen molar-refractivity contribution in [2.45, 2.75) is 13.3 Å². The first-order valence-electron chi connectivity index (χ1n) is 4.07. The summed E-state index contributed by atoms with van der Waals surface area (Å²) in [5, 5.41) is 0. The Morgan fingerprint density at radius 2 is 2.33 bits per heavy atom. The van der Waals surface area contributed by atoms with Gasteiger partial charge in [-0.2, -0.15) is 0 Å². The molecule has 0 radical (unpaired) electrons. The number of ether oxygens (including phenoxy) is 1.